The van der Waals surface area contributed by atoms with Crippen molar-refractivity contribution in [2.75, 3.05) is 12.4 Å². The molecule has 0 atom stereocenters. The first-order valence-corrected chi connectivity index (χ1v) is 7.06. The van der Waals surface area contributed by atoms with Crippen molar-refractivity contribution in [3.8, 4) is 5.75 Å². The van der Waals surface area contributed by atoms with E-state index in [1.165, 1.54) is 13.4 Å². The molecule has 23 heavy (non-hydrogen) atoms. The molecular weight excluding hydrogens is 294 g/mol. The molecule has 0 unspecified atom stereocenters. The lowest BCUT2D eigenvalue weighted by Crippen LogP contribution is -2.21. The number of fused-ring (bicyclic) bond motifs is 1. The minimum atomic E-state index is -0.507. The number of hydrogen-bond acceptors (Lipinski definition) is 4. The second kappa shape index (κ2) is 5.96. The lowest BCUT2D eigenvalue weighted by molar-refractivity contribution is 0.102. The van der Waals surface area contributed by atoms with Crippen molar-refractivity contribution in [2.24, 2.45) is 0 Å². The molecule has 0 fully saturated rings. The van der Waals surface area contributed by atoms with E-state index in [4.69, 9.17) is 9.15 Å². The third-order valence-corrected chi connectivity index (χ3v) is 3.53. The van der Waals surface area contributed by atoms with Gasteiger partial charge < -0.3 is 14.5 Å². The van der Waals surface area contributed by atoms with E-state index >= 15 is 0 Å². The van der Waals surface area contributed by atoms with Crippen molar-refractivity contribution in [3.63, 3.8) is 0 Å². The van der Waals surface area contributed by atoms with Crippen LogP contribution in [0, 0.1) is 6.92 Å². The molecule has 0 aliphatic heterocycles. The van der Waals surface area contributed by atoms with E-state index in [9.17, 15) is 9.59 Å². The van der Waals surface area contributed by atoms with Gasteiger partial charge in [-0.2, -0.15) is 0 Å². The van der Waals surface area contributed by atoms with Crippen molar-refractivity contribution < 1.29 is 13.9 Å². The van der Waals surface area contributed by atoms with Crippen LogP contribution in [0.5, 0.6) is 5.75 Å². The largest absolute Gasteiger partial charge is 0.497 e. The van der Waals surface area contributed by atoms with E-state index in [-0.39, 0.29) is 5.56 Å². The first kappa shape index (κ1) is 14.8. The Morgan fingerprint density at radius 1 is 1.13 bits per heavy atom. The molecule has 5 heteroatoms. The Bertz CT molecular complexity index is 926. The summed E-state index contributed by atoms with van der Waals surface area (Å²) in [4.78, 5) is 24.8. The topological polar surface area (TPSA) is 68.5 Å². The number of rotatable bonds is 3. The number of carbonyl (C=O) groups excluding carboxylic acids is 1. The maximum Gasteiger partial charge on any atom is 0.262 e. The zero-order valence-corrected chi connectivity index (χ0v) is 12.8. The average molecular weight is 309 g/mol. The molecular formula is C18H15NO4. The fourth-order valence-electron chi connectivity index (χ4n) is 2.23. The van der Waals surface area contributed by atoms with E-state index in [0.29, 0.717) is 22.4 Å². The quantitative estimate of drug-likeness (QED) is 0.805. The average Bonchev–Trinajstić information content (AvgIpc) is 2.57. The van der Waals surface area contributed by atoms with Gasteiger partial charge in [0.2, 0.25) is 5.43 Å². The van der Waals surface area contributed by atoms with Crippen molar-refractivity contribution in [2.45, 2.75) is 6.92 Å². The molecule has 0 bridgehead atoms. The third kappa shape index (κ3) is 2.94. The Hall–Kier alpha value is -3.08. The molecule has 0 saturated heterocycles. The molecule has 0 aliphatic rings. The van der Waals surface area contributed by atoms with Crippen LogP contribution in [0.15, 0.2) is 57.9 Å². The molecule has 1 amide bonds. The summed E-state index contributed by atoms with van der Waals surface area (Å²) in [5.41, 5.74) is 1.66. The van der Waals surface area contributed by atoms with Gasteiger partial charge in [-0.05, 0) is 37.3 Å². The van der Waals surface area contributed by atoms with Crippen LogP contribution < -0.4 is 15.5 Å². The highest BCUT2D eigenvalue weighted by Gasteiger charge is 2.15. The van der Waals surface area contributed by atoms with E-state index < -0.39 is 11.3 Å². The second-order valence-corrected chi connectivity index (χ2v) is 5.16. The van der Waals surface area contributed by atoms with Gasteiger partial charge in [0.05, 0.1) is 12.5 Å². The second-order valence-electron chi connectivity index (χ2n) is 5.16. The van der Waals surface area contributed by atoms with Gasteiger partial charge in [0.15, 0.2) is 0 Å². The molecule has 1 aromatic heterocycles. The van der Waals surface area contributed by atoms with Crippen LogP contribution in [0.1, 0.15) is 15.9 Å². The predicted octanol–water partition coefficient (Wildman–Crippen LogP) is 3.36. The van der Waals surface area contributed by atoms with Gasteiger partial charge in [0.1, 0.15) is 23.2 Å². The molecule has 0 radical (unpaired) electrons. The summed E-state index contributed by atoms with van der Waals surface area (Å²) in [7, 11) is 1.51. The standard InChI is InChI=1S/C18H15NO4/c1-11-3-5-12(6-4-11)19-18(21)15-10-23-16-8-7-13(22-2)9-14(16)17(15)20/h3-10H,1-2H3,(H,19,21). The summed E-state index contributed by atoms with van der Waals surface area (Å²) in [6, 6.07) is 12.2. The van der Waals surface area contributed by atoms with Gasteiger partial charge in [-0.25, -0.2) is 0 Å². The maximum atomic E-state index is 12.5. The Labute approximate surface area is 132 Å². The number of nitrogens with one attached hydrogen (secondary N) is 1. The fourth-order valence-corrected chi connectivity index (χ4v) is 2.23. The summed E-state index contributed by atoms with van der Waals surface area (Å²) in [5, 5.41) is 3.00. The summed E-state index contributed by atoms with van der Waals surface area (Å²) in [6.07, 6.45) is 1.18. The van der Waals surface area contributed by atoms with Crippen LogP contribution in [0.3, 0.4) is 0 Å². The van der Waals surface area contributed by atoms with Gasteiger partial charge in [-0.1, -0.05) is 17.7 Å². The minimum Gasteiger partial charge on any atom is -0.497 e. The molecule has 3 rings (SSSR count). The van der Waals surface area contributed by atoms with Crippen LogP contribution in [0.2, 0.25) is 0 Å². The smallest absolute Gasteiger partial charge is 0.262 e. The highest BCUT2D eigenvalue weighted by atomic mass is 16.5. The molecule has 0 saturated carbocycles. The number of carbonyl (C=O) groups is 1. The SMILES string of the molecule is COc1ccc2occ(C(=O)Nc3ccc(C)cc3)c(=O)c2c1. The van der Waals surface area contributed by atoms with Gasteiger partial charge in [-0.15, -0.1) is 0 Å². The first-order valence-electron chi connectivity index (χ1n) is 7.06. The predicted molar refractivity (Wildman–Crippen MR) is 88.2 cm³/mol. The zero-order valence-electron chi connectivity index (χ0n) is 12.8. The van der Waals surface area contributed by atoms with Crippen molar-refractivity contribution in [1.29, 1.82) is 0 Å². The van der Waals surface area contributed by atoms with E-state index in [1.54, 1.807) is 30.3 Å². The Balaban J connectivity index is 1.98. The molecule has 1 heterocycles. The number of benzene rings is 2. The maximum absolute atomic E-state index is 12.5. The van der Waals surface area contributed by atoms with Gasteiger partial charge in [0.25, 0.3) is 5.91 Å². The minimum absolute atomic E-state index is 0.0497. The first-order chi connectivity index (χ1) is 11.1. The molecule has 2 aromatic carbocycles. The van der Waals surface area contributed by atoms with E-state index in [2.05, 4.69) is 5.32 Å². The molecule has 0 spiro atoms. The lowest BCUT2D eigenvalue weighted by Gasteiger charge is -2.06. The van der Waals surface area contributed by atoms with Gasteiger partial charge in [-0.3, -0.25) is 9.59 Å². The summed E-state index contributed by atoms with van der Waals surface area (Å²) in [6.45, 7) is 1.96. The summed E-state index contributed by atoms with van der Waals surface area (Å²) >= 11 is 0. The summed E-state index contributed by atoms with van der Waals surface area (Å²) < 4.78 is 10.5. The van der Waals surface area contributed by atoms with Crippen LogP contribution in [-0.4, -0.2) is 13.0 Å². The van der Waals surface area contributed by atoms with Gasteiger partial charge in [0, 0.05) is 5.69 Å². The molecule has 5 nitrogen and oxygen atoms in total. The molecule has 0 aliphatic carbocycles. The zero-order chi connectivity index (χ0) is 16.4. The number of hydrogen-bond donors (Lipinski definition) is 1. The highest BCUT2D eigenvalue weighted by molar-refractivity contribution is 6.05. The molecule has 3 aromatic rings. The van der Waals surface area contributed by atoms with Crippen LogP contribution in [0.4, 0.5) is 5.69 Å². The normalized spacial score (nSPS) is 10.5. The van der Waals surface area contributed by atoms with Crippen LogP contribution in [0.25, 0.3) is 11.0 Å². The van der Waals surface area contributed by atoms with Crippen molar-refractivity contribution in [1.82, 2.24) is 0 Å². The molecule has 1 N–H and O–H groups in total. The summed E-state index contributed by atoms with van der Waals surface area (Å²) in [5.74, 6) is 0.0215. The fraction of sp³-hybridized carbons (Fsp3) is 0.111. The van der Waals surface area contributed by atoms with Crippen molar-refractivity contribution in [3.05, 3.63) is 70.1 Å². The van der Waals surface area contributed by atoms with Gasteiger partial charge >= 0.3 is 0 Å². The van der Waals surface area contributed by atoms with Crippen LogP contribution in [-0.2, 0) is 0 Å². The Morgan fingerprint density at radius 2 is 1.87 bits per heavy atom. The number of ether oxygens (including phenoxy) is 1. The number of amides is 1. The Morgan fingerprint density at radius 3 is 2.57 bits per heavy atom. The highest BCUT2D eigenvalue weighted by Crippen LogP contribution is 2.19. The molecule has 116 valence electrons. The van der Waals surface area contributed by atoms with Crippen LogP contribution >= 0.6 is 0 Å². The van der Waals surface area contributed by atoms with Crippen molar-refractivity contribution >= 4 is 22.6 Å². The van der Waals surface area contributed by atoms with E-state index in [0.717, 1.165) is 5.56 Å². The number of methoxy groups -OCH3 is 1. The Kier molecular flexibility index (Phi) is 3.85. The monoisotopic (exact) mass is 309 g/mol. The number of aryl methyl sites for hydroxylation is 1. The third-order valence-electron chi connectivity index (χ3n) is 3.53. The number of anilines is 1. The van der Waals surface area contributed by atoms with E-state index in [1.807, 2.05) is 19.1 Å². The lowest BCUT2D eigenvalue weighted by atomic mass is 10.1.